The number of rotatable bonds is 5. The van der Waals surface area contributed by atoms with Crippen molar-refractivity contribution in [2.24, 2.45) is 5.73 Å². The van der Waals surface area contributed by atoms with E-state index in [0.29, 0.717) is 29.8 Å². The maximum atomic E-state index is 13.1. The van der Waals surface area contributed by atoms with E-state index in [0.717, 1.165) is 16.8 Å². The molecule has 1 aliphatic rings. The van der Waals surface area contributed by atoms with E-state index >= 15 is 0 Å². The Balaban J connectivity index is 1.39. The molecule has 1 atom stereocenters. The number of aromatic amines is 1. The molecule has 9 heteroatoms. The number of aryl methyl sites for hydroxylation is 1. The zero-order chi connectivity index (χ0) is 22.9. The Morgan fingerprint density at radius 1 is 1.06 bits per heavy atom. The minimum absolute atomic E-state index is 0.0832. The number of carbonyl (C=O) groups excluding carboxylic acids is 2. The Kier molecular flexibility index (Phi) is 5.21. The molecule has 0 spiro atoms. The molecule has 0 aliphatic carbocycles. The Labute approximate surface area is 188 Å². The summed E-state index contributed by atoms with van der Waals surface area (Å²) in [5, 5.41) is 4.67. The average Bonchev–Trinajstić information content (AvgIpc) is 3.27. The molecule has 0 radical (unpaired) electrons. The van der Waals surface area contributed by atoms with E-state index in [1.54, 1.807) is 4.68 Å². The van der Waals surface area contributed by atoms with Gasteiger partial charge in [-0.3, -0.25) is 14.4 Å². The van der Waals surface area contributed by atoms with Crippen LogP contribution < -0.4 is 11.3 Å². The van der Waals surface area contributed by atoms with E-state index < -0.39 is 11.9 Å². The maximum absolute atomic E-state index is 13.1. The number of fused-ring (bicyclic) bond motifs is 2. The number of amides is 2. The molecule has 0 bridgehead atoms. The third kappa shape index (κ3) is 3.89. The van der Waals surface area contributed by atoms with Crippen LogP contribution in [-0.4, -0.2) is 42.5 Å². The first-order valence-corrected chi connectivity index (χ1v) is 10.7. The van der Waals surface area contributed by atoms with Gasteiger partial charge in [-0.2, -0.15) is 5.10 Å². The summed E-state index contributed by atoms with van der Waals surface area (Å²) in [6.07, 6.45) is 2.17. The fourth-order valence-electron chi connectivity index (χ4n) is 4.25. The Bertz CT molecular complexity index is 1410. The Morgan fingerprint density at radius 2 is 1.79 bits per heavy atom. The molecule has 9 nitrogen and oxygen atoms in total. The average molecular weight is 442 g/mol. The maximum Gasteiger partial charge on any atom is 0.262 e. The Hall–Kier alpha value is -4.27. The topological polar surface area (TPSA) is 127 Å². The van der Waals surface area contributed by atoms with Crippen LogP contribution in [-0.2, 0) is 29.0 Å². The number of H-pyrrole nitrogens is 1. The highest BCUT2D eigenvalue weighted by Crippen LogP contribution is 2.24. The van der Waals surface area contributed by atoms with Crippen molar-refractivity contribution in [3.8, 4) is 5.69 Å². The summed E-state index contributed by atoms with van der Waals surface area (Å²) in [6.45, 7) is 0.326. The first-order chi connectivity index (χ1) is 16.0. The summed E-state index contributed by atoms with van der Waals surface area (Å²) in [4.78, 5) is 46.5. The van der Waals surface area contributed by atoms with E-state index in [9.17, 15) is 14.4 Å². The highest BCUT2D eigenvalue weighted by atomic mass is 16.2. The number of hydrogen-bond donors (Lipinski definition) is 2. The van der Waals surface area contributed by atoms with Crippen LogP contribution in [0.2, 0.25) is 0 Å². The molecular weight excluding hydrogens is 420 g/mol. The van der Waals surface area contributed by atoms with Gasteiger partial charge in [0.2, 0.25) is 11.8 Å². The van der Waals surface area contributed by atoms with E-state index in [1.165, 1.54) is 11.1 Å². The molecule has 0 fully saturated rings. The Morgan fingerprint density at radius 3 is 2.55 bits per heavy atom. The lowest BCUT2D eigenvalue weighted by Crippen LogP contribution is -2.51. The van der Waals surface area contributed by atoms with Gasteiger partial charge in [0.05, 0.1) is 11.9 Å². The van der Waals surface area contributed by atoms with Gasteiger partial charge in [0, 0.05) is 25.8 Å². The summed E-state index contributed by atoms with van der Waals surface area (Å²) in [7, 11) is 0. The van der Waals surface area contributed by atoms with Gasteiger partial charge in [-0.15, -0.1) is 0 Å². The number of hydrogen-bond acceptors (Lipinski definition) is 5. The van der Waals surface area contributed by atoms with Crippen LogP contribution >= 0.6 is 0 Å². The number of primary amides is 1. The van der Waals surface area contributed by atoms with Gasteiger partial charge >= 0.3 is 0 Å². The van der Waals surface area contributed by atoms with Crippen LogP contribution in [0, 0.1) is 0 Å². The zero-order valence-electron chi connectivity index (χ0n) is 17.8. The number of aromatic nitrogens is 4. The fraction of sp³-hybridized carbons (Fsp3) is 0.208. The lowest BCUT2D eigenvalue weighted by Gasteiger charge is -2.35. The number of carbonyl (C=O) groups is 2. The van der Waals surface area contributed by atoms with Crippen LogP contribution in [0.4, 0.5) is 0 Å². The van der Waals surface area contributed by atoms with Gasteiger partial charge < -0.3 is 15.6 Å². The van der Waals surface area contributed by atoms with Gasteiger partial charge in [0.1, 0.15) is 17.3 Å². The minimum Gasteiger partial charge on any atom is -0.368 e. The highest BCUT2D eigenvalue weighted by Gasteiger charge is 2.33. The quantitative estimate of drug-likeness (QED) is 0.484. The van der Waals surface area contributed by atoms with Crippen molar-refractivity contribution in [1.29, 1.82) is 0 Å². The van der Waals surface area contributed by atoms with Gasteiger partial charge in [0.25, 0.3) is 5.56 Å². The lowest BCUT2D eigenvalue weighted by atomic mass is 9.93. The monoisotopic (exact) mass is 442 g/mol. The molecule has 2 aromatic heterocycles. The molecule has 3 N–H and O–H groups in total. The summed E-state index contributed by atoms with van der Waals surface area (Å²) in [5.74, 6) is -0.364. The molecule has 0 saturated heterocycles. The molecule has 3 heterocycles. The number of nitrogens with zero attached hydrogens (tertiary/aromatic N) is 4. The first kappa shape index (κ1) is 20.6. The van der Waals surface area contributed by atoms with E-state index in [-0.39, 0.29) is 24.3 Å². The van der Waals surface area contributed by atoms with Crippen molar-refractivity contribution in [1.82, 2.24) is 24.6 Å². The number of para-hydroxylation sites is 1. The molecule has 4 aromatic rings. The number of benzene rings is 2. The predicted molar refractivity (Wildman–Crippen MR) is 121 cm³/mol. The molecule has 166 valence electrons. The molecule has 0 unspecified atom stereocenters. The van der Waals surface area contributed by atoms with Crippen LogP contribution in [0.1, 0.15) is 23.4 Å². The van der Waals surface area contributed by atoms with Crippen molar-refractivity contribution in [2.45, 2.75) is 31.8 Å². The standard InChI is InChI=1S/C24H22N6O3/c25-22(32)19-12-15-6-4-5-7-16(15)14-29(19)21(31)11-10-20-27-23-18(24(33)28-20)13-26-30(23)17-8-2-1-3-9-17/h1-9,13,19H,10-12,14H2,(H2,25,32)(H,27,28,33)/t19-/m1/s1. The second kappa shape index (κ2) is 8.34. The van der Waals surface area contributed by atoms with Gasteiger partial charge in [-0.05, 0) is 23.3 Å². The second-order valence-electron chi connectivity index (χ2n) is 8.05. The minimum atomic E-state index is -0.693. The van der Waals surface area contributed by atoms with Crippen molar-refractivity contribution in [3.05, 3.63) is 88.1 Å². The van der Waals surface area contributed by atoms with Crippen LogP contribution in [0.5, 0.6) is 0 Å². The highest BCUT2D eigenvalue weighted by molar-refractivity contribution is 5.87. The third-order valence-electron chi connectivity index (χ3n) is 5.96. The second-order valence-corrected chi connectivity index (χ2v) is 8.05. The molecule has 2 amide bonds. The van der Waals surface area contributed by atoms with Crippen molar-refractivity contribution in [3.63, 3.8) is 0 Å². The fourth-order valence-corrected chi connectivity index (χ4v) is 4.25. The summed E-state index contributed by atoms with van der Waals surface area (Å²) in [6, 6.07) is 16.4. The van der Waals surface area contributed by atoms with Crippen LogP contribution in [0.15, 0.2) is 65.6 Å². The van der Waals surface area contributed by atoms with E-state index in [1.807, 2.05) is 54.6 Å². The zero-order valence-corrected chi connectivity index (χ0v) is 17.8. The van der Waals surface area contributed by atoms with E-state index in [2.05, 4.69) is 15.1 Å². The molecule has 2 aromatic carbocycles. The largest absolute Gasteiger partial charge is 0.368 e. The molecule has 33 heavy (non-hydrogen) atoms. The smallest absolute Gasteiger partial charge is 0.262 e. The number of nitrogens with two attached hydrogens (primary N) is 1. The van der Waals surface area contributed by atoms with Gasteiger partial charge in [-0.1, -0.05) is 42.5 Å². The third-order valence-corrected chi connectivity index (χ3v) is 5.96. The predicted octanol–water partition coefficient (Wildman–Crippen LogP) is 1.48. The molecule has 1 aliphatic heterocycles. The van der Waals surface area contributed by atoms with Crippen LogP contribution in [0.25, 0.3) is 16.7 Å². The summed E-state index contributed by atoms with van der Waals surface area (Å²) in [5.41, 5.74) is 8.52. The number of nitrogens with one attached hydrogen (secondary N) is 1. The van der Waals surface area contributed by atoms with Crippen molar-refractivity contribution < 1.29 is 9.59 Å². The molecular formula is C24H22N6O3. The van der Waals surface area contributed by atoms with Gasteiger partial charge in [0.15, 0.2) is 5.65 Å². The van der Waals surface area contributed by atoms with E-state index in [4.69, 9.17) is 5.73 Å². The summed E-state index contributed by atoms with van der Waals surface area (Å²) >= 11 is 0. The van der Waals surface area contributed by atoms with Gasteiger partial charge in [-0.25, -0.2) is 9.67 Å². The molecule has 5 rings (SSSR count). The SMILES string of the molecule is NC(=O)[C@H]1Cc2ccccc2CN1C(=O)CCc1nc2c(cnn2-c2ccccc2)c(=O)[nH]1. The molecule has 0 saturated carbocycles. The van der Waals surface area contributed by atoms with Crippen molar-refractivity contribution in [2.75, 3.05) is 0 Å². The lowest BCUT2D eigenvalue weighted by molar-refractivity contribution is -0.140. The summed E-state index contributed by atoms with van der Waals surface area (Å²) < 4.78 is 1.60. The normalized spacial score (nSPS) is 15.4. The first-order valence-electron chi connectivity index (χ1n) is 10.7. The van der Waals surface area contributed by atoms with Crippen LogP contribution in [0.3, 0.4) is 0 Å². The van der Waals surface area contributed by atoms with Crippen molar-refractivity contribution >= 4 is 22.8 Å².